The molecule has 0 unspecified atom stereocenters. The molecule has 2 heterocycles. The van der Waals surface area contributed by atoms with Gasteiger partial charge in [-0.25, -0.2) is 8.42 Å². The number of aryl methyl sites for hydroxylation is 2. The van der Waals surface area contributed by atoms with E-state index in [4.69, 9.17) is 0 Å². The van der Waals surface area contributed by atoms with Crippen molar-refractivity contribution in [1.82, 2.24) is 9.62 Å². The molecule has 2 aliphatic heterocycles. The summed E-state index contributed by atoms with van der Waals surface area (Å²) in [6.45, 7) is 6.17. The highest BCUT2D eigenvalue weighted by Gasteiger charge is 2.40. The molecular formula is C15H22N2O2S. The van der Waals surface area contributed by atoms with Crippen LogP contribution in [0, 0.1) is 19.8 Å². The number of piperidine rings is 1. The van der Waals surface area contributed by atoms with Gasteiger partial charge < -0.3 is 5.32 Å². The lowest BCUT2D eigenvalue weighted by atomic mass is 9.94. The van der Waals surface area contributed by atoms with Crippen LogP contribution in [0.15, 0.2) is 23.1 Å². The van der Waals surface area contributed by atoms with E-state index in [-0.39, 0.29) is 0 Å². The van der Waals surface area contributed by atoms with Gasteiger partial charge in [-0.05, 0) is 62.4 Å². The summed E-state index contributed by atoms with van der Waals surface area (Å²) in [7, 11) is -3.35. The van der Waals surface area contributed by atoms with Crippen molar-refractivity contribution >= 4 is 10.0 Å². The molecule has 0 aliphatic carbocycles. The zero-order valence-corrected chi connectivity index (χ0v) is 12.9. The predicted octanol–water partition coefficient (Wildman–Crippen LogP) is 1.68. The smallest absolute Gasteiger partial charge is 0.243 e. The van der Waals surface area contributed by atoms with Crippen LogP contribution in [-0.2, 0) is 10.0 Å². The Morgan fingerprint density at radius 3 is 2.50 bits per heavy atom. The summed E-state index contributed by atoms with van der Waals surface area (Å²) in [4.78, 5) is 0.439. The second kappa shape index (κ2) is 5.13. The van der Waals surface area contributed by atoms with Gasteiger partial charge in [0.2, 0.25) is 10.0 Å². The highest BCUT2D eigenvalue weighted by Crippen LogP contribution is 2.29. The molecule has 1 aromatic rings. The fourth-order valence-electron chi connectivity index (χ4n) is 3.43. The van der Waals surface area contributed by atoms with E-state index in [0.717, 1.165) is 30.5 Å². The molecule has 2 aliphatic rings. The summed E-state index contributed by atoms with van der Waals surface area (Å²) in [5.74, 6) is 0.476. The van der Waals surface area contributed by atoms with Gasteiger partial charge in [0.15, 0.2) is 0 Å². The Morgan fingerprint density at radius 1 is 1.15 bits per heavy atom. The van der Waals surface area contributed by atoms with Crippen LogP contribution >= 0.6 is 0 Å². The number of nitrogens with zero attached hydrogens (tertiary/aromatic N) is 1. The van der Waals surface area contributed by atoms with Crippen molar-refractivity contribution < 1.29 is 8.42 Å². The zero-order chi connectivity index (χ0) is 14.3. The minimum absolute atomic E-state index is 0.337. The van der Waals surface area contributed by atoms with Crippen molar-refractivity contribution in [2.24, 2.45) is 5.92 Å². The third-order valence-corrected chi connectivity index (χ3v) is 6.21. The second-order valence-corrected chi connectivity index (χ2v) is 8.05. The van der Waals surface area contributed by atoms with E-state index in [1.807, 2.05) is 19.9 Å². The summed E-state index contributed by atoms with van der Waals surface area (Å²) in [6.07, 6.45) is 2.29. The lowest BCUT2D eigenvalue weighted by Gasteiger charge is -2.24. The Balaban J connectivity index is 1.88. The van der Waals surface area contributed by atoms with Crippen molar-refractivity contribution in [2.45, 2.75) is 37.6 Å². The average molecular weight is 294 g/mol. The number of hydrogen-bond donors (Lipinski definition) is 1. The number of benzene rings is 1. The second-order valence-electron chi connectivity index (χ2n) is 6.11. The fraction of sp³-hybridized carbons (Fsp3) is 0.600. The number of fused-ring (bicyclic) bond motifs is 1. The largest absolute Gasteiger partial charge is 0.312 e. The van der Waals surface area contributed by atoms with Crippen LogP contribution in [0.2, 0.25) is 0 Å². The Kier molecular flexibility index (Phi) is 3.60. The van der Waals surface area contributed by atoms with Crippen LogP contribution < -0.4 is 5.32 Å². The highest BCUT2D eigenvalue weighted by molar-refractivity contribution is 7.89. The molecule has 0 bridgehead atoms. The zero-order valence-electron chi connectivity index (χ0n) is 12.1. The van der Waals surface area contributed by atoms with Gasteiger partial charge in [-0.3, -0.25) is 0 Å². The lowest BCUT2D eigenvalue weighted by Crippen LogP contribution is -2.41. The van der Waals surface area contributed by atoms with Crippen LogP contribution in [0.25, 0.3) is 0 Å². The highest BCUT2D eigenvalue weighted by atomic mass is 32.2. The molecule has 0 amide bonds. The third kappa shape index (κ3) is 2.50. The van der Waals surface area contributed by atoms with Crippen LogP contribution in [0.5, 0.6) is 0 Å². The first-order chi connectivity index (χ1) is 9.46. The first-order valence-electron chi connectivity index (χ1n) is 7.28. The van der Waals surface area contributed by atoms with E-state index in [1.165, 1.54) is 0 Å². The van der Waals surface area contributed by atoms with Crippen molar-refractivity contribution in [3.05, 3.63) is 29.3 Å². The van der Waals surface area contributed by atoms with Crippen molar-refractivity contribution in [2.75, 3.05) is 19.6 Å². The molecular weight excluding hydrogens is 272 g/mol. The van der Waals surface area contributed by atoms with Crippen molar-refractivity contribution in [3.8, 4) is 0 Å². The average Bonchev–Trinajstić information content (AvgIpc) is 2.82. The summed E-state index contributed by atoms with van der Waals surface area (Å²) < 4.78 is 27.2. The van der Waals surface area contributed by atoms with Gasteiger partial charge in [0.05, 0.1) is 4.90 Å². The van der Waals surface area contributed by atoms with Gasteiger partial charge in [-0.1, -0.05) is 6.07 Å². The third-order valence-electron chi connectivity index (χ3n) is 4.40. The Labute approximate surface area is 121 Å². The quantitative estimate of drug-likeness (QED) is 0.903. The number of hydrogen-bond acceptors (Lipinski definition) is 3. The standard InChI is InChI=1S/C15H22N2O2S/c1-11-6-12(2)8-14(7-11)20(18,19)17-9-13-4-3-5-16-15(13)10-17/h6-8,13,15-16H,3-5,9-10H2,1-2H3/t13-,15+/m0/s1. The van der Waals surface area contributed by atoms with Gasteiger partial charge in [0.25, 0.3) is 0 Å². The number of rotatable bonds is 2. The number of sulfonamides is 1. The minimum Gasteiger partial charge on any atom is -0.312 e. The molecule has 1 N–H and O–H groups in total. The van der Waals surface area contributed by atoms with E-state index in [1.54, 1.807) is 16.4 Å². The van der Waals surface area contributed by atoms with Gasteiger partial charge in [0.1, 0.15) is 0 Å². The predicted molar refractivity (Wildman–Crippen MR) is 79.2 cm³/mol. The Morgan fingerprint density at radius 2 is 1.85 bits per heavy atom. The maximum atomic E-state index is 12.8. The molecule has 20 heavy (non-hydrogen) atoms. The van der Waals surface area contributed by atoms with Crippen LogP contribution in [0.1, 0.15) is 24.0 Å². The van der Waals surface area contributed by atoms with Crippen molar-refractivity contribution in [3.63, 3.8) is 0 Å². The Hall–Kier alpha value is -0.910. The van der Waals surface area contributed by atoms with E-state index in [2.05, 4.69) is 5.32 Å². The molecule has 0 radical (unpaired) electrons. The van der Waals surface area contributed by atoms with Crippen molar-refractivity contribution in [1.29, 1.82) is 0 Å². The number of nitrogens with one attached hydrogen (secondary N) is 1. The molecule has 2 saturated heterocycles. The summed E-state index contributed by atoms with van der Waals surface area (Å²) in [5.41, 5.74) is 2.00. The monoisotopic (exact) mass is 294 g/mol. The van der Waals surface area contributed by atoms with Gasteiger partial charge in [-0.2, -0.15) is 4.31 Å². The molecule has 1 aromatic carbocycles. The molecule has 0 saturated carbocycles. The Bertz CT molecular complexity index is 578. The van der Waals surface area contributed by atoms with Gasteiger partial charge in [-0.15, -0.1) is 0 Å². The normalized spacial score (nSPS) is 27.5. The van der Waals surface area contributed by atoms with E-state index in [0.29, 0.717) is 29.9 Å². The maximum Gasteiger partial charge on any atom is 0.243 e. The topological polar surface area (TPSA) is 49.4 Å². The van der Waals surface area contributed by atoms with Crippen LogP contribution in [0.4, 0.5) is 0 Å². The molecule has 4 nitrogen and oxygen atoms in total. The van der Waals surface area contributed by atoms with Gasteiger partial charge in [0, 0.05) is 19.1 Å². The van der Waals surface area contributed by atoms with E-state index >= 15 is 0 Å². The van der Waals surface area contributed by atoms with Crippen LogP contribution in [0.3, 0.4) is 0 Å². The summed E-state index contributed by atoms with van der Waals surface area (Å²) >= 11 is 0. The molecule has 110 valence electrons. The maximum absolute atomic E-state index is 12.8. The summed E-state index contributed by atoms with van der Waals surface area (Å²) in [5, 5.41) is 3.45. The molecule has 0 spiro atoms. The van der Waals surface area contributed by atoms with E-state index < -0.39 is 10.0 Å². The molecule has 2 fully saturated rings. The molecule has 2 atom stereocenters. The van der Waals surface area contributed by atoms with Crippen LogP contribution in [-0.4, -0.2) is 38.4 Å². The van der Waals surface area contributed by atoms with Gasteiger partial charge >= 0.3 is 0 Å². The first kappa shape index (κ1) is 14.0. The molecule has 3 rings (SSSR count). The minimum atomic E-state index is -3.35. The lowest BCUT2D eigenvalue weighted by molar-refractivity contribution is 0.339. The fourth-order valence-corrected chi connectivity index (χ4v) is 5.15. The summed E-state index contributed by atoms with van der Waals surface area (Å²) in [6, 6.07) is 5.89. The molecule has 0 aromatic heterocycles. The molecule has 5 heteroatoms. The van der Waals surface area contributed by atoms with E-state index in [9.17, 15) is 8.42 Å². The SMILES string of the molecule is Cc1cc(C)cc(S(=O)(=O)N2C[C@@H]3CCCN[C@@H]3C2)c1. The first-order valence-corrected chi connectivity index (χ1v) is 8.72.